The van der Waals surface area contributed by atoms with E-state index in [-0.39, 0.29) is 40.4 Å². The molecule has 2 aliphatic rings. The number of anilines is 1. The Balaban J connectivity index is 1.11. The predicted molar refractivity (Wildman–Crippen MR) is 153 cm³/mol. The Morgan fingerprint density at radius 2 is 1.95 bits per heavy atom. The lowest BCUT2D eigenvalue weighted by Crippen LogP contribution is -2.56. The van der Waals surface area contributed by atoms with Gasteiger partial charge in [-0.2, -0.15) is 4.37 Å². The maximum atomic E-state index is 13.0. The highest BCUT2D eigenvalue weighted by atomic mass is 32.1. The summed E-state index contributed by atoms with van der Waals surface area (Å²) in [5, 5.41) is 13.1. The van der Waals surface area contributed by atoms with Crippen molar-refractivity contribution in [1.82, 2.24) is 29.1 Å². The number of aromatic nitrogens is 4. The number of amides is 2. The van der Waals surface area contributed by atoms with Gasteiger partial charge in [-0.15, -0.1) is 0 Å². The fraction of sp³-hybridized carbons (Fsp3) is 0.321. The molecule has 1 unspecified atom stereocenters. The molecule has 1 aromatic carbocycles. The number of hydrogen-bond donors (Lipinski definition) is 2. The van der Waals surface area contributed by atoms with Crippen molar-refractivity contribution in [2.45, 2.75) is 13.0 Å². The summed E-state index contributed by atoms with van der Waals surface area (Å²) < 4.78 is 11.2. The zero-order valence-electron chi connectivity index (χ0n) is 22.6. The van der Waals surface area contributed by atoms with Crippen LogP contribution in [0.1, 0.15) is 26.3 Å². The predicted octanol–water partition coefficient (Wildman–Crippen LogP) is 1.34. The van der Waals surface area contributed by atoms with Gasteiger partial charge in [0, 0.05) is 56.0 Å². The maximum absolute atomic E-state index is 13.0. The second-order valence-corrected chi connectivity index (χ2v) is 11.0. The van der Waals surface area contributed by atoms with Gasteiger partial charge in [-0.1, -0.05) is 18.2 Å². The second-order valence-electron chi connectivity index (χ2n) is 10.2. The Kier molecular flexibility index (Phi) is 7.39. The number of ether oxygens (including phenoxy) is 1. The molecule has 2 amide bonds. The number of pyridine rings is 2. The van der Waals surface area contributed by atoms with Crippen molar-refractivity contribution in [3.63, 3.8) is 0 Å². The molecule has 216 valence electrons. The van der Waals surface area contributed by atoms with Crippen molar-refractivity contribution in [2.24, 2.45) is 5.92 Å². The van der Waals surface area contributed by atoms with Crippen LogP contribution in [-0.4, -0.2) is 92.1 Å². The van der Waals surface area contributed by atoms with E-state index in [0.717, 1.165) is 11.5 Å². The van der Waals surface area contributed by atoms with Crippen molar-refractivity contribution in [3.8, 4) is 5.13 Å². The zero-order valence-corrected chi connectivity index (χ0v) is 23.4. The standard InChI is InChI=1S/C28H27N7O6S/c1-16-9-21(32-24-22(16)23(36)20(27(39)40)14-35(24)28-30-15-31-42-28)34-11-18(12-34)25(37)29-10-19-13-33(7-8-41-19)26(38)17-5-3-2-4-6-17/h2-6,9,14-15,18-19H,7-8,10-13H2,1H3,(H,29,37)(H,39,40). The first kappa shape index (κ1) is 27.5. The van der Waals surface area contributed by atoms with Crippen molar-refractivity contribution in [1.29, 1.82) is 0 Å². The van der Waals surface area contributed by atoms with E-state index < -0.39 is 11.4 Å². The summed E-state index contributed by atoms with van der Waals surface area (Å²) in [7, 11) is 0. The fourth-order valence-electron chi connectivity index (χ4n) is 5.19. The number of hydrogen-bond acceptors (Lipinski definition) is 10. The summed E-state index contributed by atoms with van der Waals surface area (Å²) in [5.41, 5.74) is 0.458. The Labute approximate surface area is 243 Å². The Morgan fingerprint density at radius 3 is 2.67 bits per heavy atom. The van der Waals surface area contributed by atoms with Crippen LogP contribution in [0.4, 0.5) is 5.82 Å². The third-order valence-corrected chi connectivity index (χ3v) is 8.12. The first-order chi connectivity index (χ1) is 20.3. The van der Waals surface area contributed by atoms with Gasteiger partial charge in [0.1, 0.15) is 17.7 Å². The fourth-order valence-corrected chi connectivity index (χ4v) is 5.70. The van der Waals surface area contributed by atoms with Crippen LogP contribution in [0.3, 0.4) is 0 Å². The van der Waals surface area contributed by atoms with E-state index in [0.29, 0.717) is 61.4 Å². The van der Waals surface area contributed by atoms with E-state index >= 15 is 0 Å². The SMILES string of the molecule is Cc1cc(N2CC(C(=O)NCC3CN(C(=O)c4ccccc4)CCO3)C2)nc2c1c(=O)c(C(=O)O)cn2-c1ncns1. The minimum absolute atomic E-state index is 0.0567. The van der Waals surface area contributed by atoms with Crippen LogP contribution in [-0.2, 0) is 9.53 Å². The molecular weight excluding hydrogens is 562 g/mol. The molecule has 1 atom stereocenters. The molecule has 2 fully saturated rings. The number of nitrogens with one attached hydrogen (secondary N) is 1. The third-order valence-electron chi connectivity index (χ3n) is 7.46. The van der Waals surface area contributed by atoms with Gasteiger partial charge in [-0.25, -0.2) is 14.8 Å². The molecule has 0 saturated carbocycles. The number of morpholine rings is 1. The first-order valence-corrected chi connectivity index (χ1v) is 14.1. The molecule has 2 saturated heterocycles. The van der Waals surface area contributed by atoms with Gasteiger partial charge < -0.3 is 25.0 Å². The average molecular weight is 590 g/mol. The van der Waals surface area contributed by atoms with Gasteiger partial charge in [-0.05, 0) is 30.7 Å². The Hall–Kier alpha value is -4.69. The van der Waals surface area contributed by atoms with Gasteiger partial charge >= 0.3 is 5.97 Å². The minimum Gasteiger partial charge on any atom is -0.477 e. The molecule has 0 radical (unpaired) electrons. The molecular formula is C28H27N7O6S. The van der Waals surface area contributed by atoms with Crippen LogP contribution in [0.2, 0.25) is 0 Å². The highest BCUT2D eigenvalue weighted by Gasteiger charge is 2.35. The molecule has 5 heterocycles. The summed E-state index contributed by atoms with van der Waals surface area (Å²) >= 11 is 1.05. The summed E-state index contributed by atoms with van der Waals surface area (Å²) in [4.78, 5) is 63.0. The number of aryl methyl sites for hydroxylation is 1. The third kappa shape index (κ3) is 5.21. The summed E-state index contributed by atoms with van der Waals surface area (Å²) in [5.74, 6) is -1.22. The smallest absolute Gasteiger partial charge is 0.341 e. The van der Waals surface area contributed by atoms with E-state index in [1.54, 1.807) is 30.0 Å². The van der Waals surface area contributed by atoms with Gasteiger partial charge in [0.25, 0.3) is 5.91 Å². The van der Waals surface area contributed by atoms with Gasteiger partial charge in [0.05, 0.1) is 24.0 Å². The van der Waals surface area contributed by atoms with Gasteiger partial charge in [-0.3, -0.25) is 19.0 Å². The van der Waals surface area contributed by atoms with E-state index in [4.69, 9.17) is 4.74 Å². The van der Waals surface area contributed by atoms with Crippen LogP contribution < -0.4 is 15.6 Å². The van der Waals surface area contributed by atoms with Gasteiger partial charge in [0.15, 0.2) is 5.65 Å². The second kappa shape index (κ2) is 11.3. The molecule has 2 aliphatic heterocycles. The van der Waals surface area contributed by atoms with E-state index in [1.807, 2.05) is 23.1 Å². The molecule has 0 spiro atoms. The number of carbonyl (C=O) groups excluding carboxylic acids is 2. The van der Waals surface area contributed by atoms with Crippen molar-refractivity contribution in [2.75, 3.05) is 44.2 Å². The largest absolute Gasteiger partial charge is 0.477 e. The molecule has 6 rings (SSSR count). The van der Waals surface area contributed by atoms with E-state index in [1.165, 1.54) is 17.1 Å². The highest BCUT2D eigenvalue weighted by molar-refractivity contribution is 7.08. The van der Waals surface area contributed by atoms with Crippen molar-refractivity contribution >= 4 is 46.2 Å². The lowest BCUT2D eigenvalue weighted by Gasteiger charge is -2.40. The molecule has 13 nitrogen and oxygen atoms in total. The summed E-state index contributed by atoms with van der Waals surface area (Å²) in [6, 6.07) is 10.8. The van der Waals surface area contributed by atoms with Crippen LogP contribution >= 0.6 is 11.5 Å². The number of nitrogens with zero attached hydrogens (tertiary/aromatic N) is 6. The minimum atomic E-state index is -1.34. The molecule has 42 heavy (non-hydrogen) atoms. The molecule has 2 N–H and O–H groups in total. The lowest BCUT2D eigenvalue weighted by molar-refractivity contribution is -0.126. The van der Waals surface area contributed by atoms with Crippen LogP contribution in [0.25, 0.3) is 16.2 Å². The molecule has 4 aromatic rings. The Morgan fingerprint density at radius 1 is 1.17 bits per heavy atom. The molecule has 14 heteroatoms. The quantitative estimate of drug-likeness (QED) is 0.322. The van der Waals surface area contributed by atoms with E-state index in [9.17, 15) is 24.3 Å². The molecule has 0 aliphatic carbocycles. The van der Waals surface area contributed by atoms with E-state index in [2.05, 4.69) is 19.7 Å². The Bertz CT molecular complexity index is 1720. The van der Waals surface area contributed by atoms with Crippen molar-refractivity contribution < 1.29 is 24.2 Å². The monoisotopic (exact) mass is 589 g/mol. The normalized spacial score (nSPS) is 17.2. The van der Waals surface area contributed by atoms with Crippen LogP contribution in [0.5, 0.6) is 0 Å². The number of rotatable bonds is 7. The topological polar surface area (TPSA) is 160 Å². The van der Waals surface area contributed by atoms with Crippen LogP contribution in [0, 0.1) is 12.8 Å². The first-order valence-electron chi connectivity index (χ1n) is 13.4. The average Bonchev–Trinajstić information content (AvgIpc) is 3.50. The summed E-state index contributed by atoms with van der Waals surface area (Å²) in [6.07, 6.45) is 2.26. The highest BCUT2D eigenvalue weighted by Crippen LogP contribution is 2.28. The number of fused-ring (bicyclic) bond motifs is 1. The number of aromatic carboxylic acids is 1. The molecule has 0 bridgehead atoms. The summed E-state index contributed by atoms with van der Waals surface area (Å²) in [6.45, 7) is 4.16. The van der Waals surface area contributed by atoms with Crippen LogP contribution in [0.15, 0.2) is 53.7 Å². The number of carboxylic acid groups (broad SMARTS) is 1. The number of carbonyl (C=O) groups is 3. The number of carboxylic acids is 1. The zero-order chi connectivity index (χ0) is 29.4. The number of benzene rings is 1. The molecule has 3 aromatic heterocycles. The van der Waals surface area contributed by atoms with Crippen molar-refractivity contribution in [3.05, 3.63) is 75.8 Å². The van der Waals surface area contributed by atoms with Gasteiger partial charge in [0.2, 0.25) is 16.5 Å². The lowest BCUT2D eigenvalue weighted by atomic mass is 9.98. The maximum Gasteiger partial charge on any atom is 0.341 e.